The minimum Gasteiger partial charge on any atom is -0.478 e. The van der Waals surface area contributed by atoms with Gasteiger partial charge in [0.2, 0.25) is 0 Å². The van der Waals surface area contributed by atoms with E-state index < -0.39 is 5.97 Å². The van der Waals surface area contributed by atoms with Gasteiger partial charge in [-0.25, -0.2) is 4.79 Å². The van der Waals surface area contributed by atoms with Gasteiger partial charge in [-0.1, -0.05) is 12.1 Å². The summed E-state index contributed by atoms with van der Waals surface area (Å²) in [5, 5.41) is 9.69. The van der Waals surface area contributed by atoms with Gasteiger partial charge in [-0.3, -0.25) is 0 Å². The fraction of sp³-hybridized carbons (Fsp3) is 0.100. The van der Waals surface area contributed by atoms with Gasteiger partial charge < -0.3 is 9.52 Å². The van der Waals surface area contributed by atoms with Crippen LogP contribution in [-0.4, -0.2) is 11.1 Å². The standard InChI is InChI=1S/C10H8O3/c1-6-5-13-9-7(6)3-2-4-8(9)10(11)12/h2-5H,1H3,(H,11,12). The van der Waals surface area contributed by atoms with E-state index in [-0.39, 0.29) is 5.56 Å². The molecule has 3 nitrogen and oxygen atoms in total. The average molecular weight is 176 g/mol. The van der Waals surface area contributed by atoms with Crippen molar-refractivity contribution in [3.05, 3.63) is 35.6 Å². The Bertz CT molecular complexity index is 468. The number of aromatic carboxylic acids is 1. The summed E-state index contributed by atoms with van der Waals surface area (Å²) in [7, 11) is 0. The third-order valence-corrected chi connectivity index (χ3v) is 2.02. The maximum atomic E-state index is 10.8. The second kappa shape index (κ2) is 2.62. The Hall–Kier alpha value is -1.77. The number of fused-ring (bicyclic) bond motifs is 1. The average Bonchev–Trinajstić information content (AvgIpc) is 2.48. The van der Waals surface area contributed by atoms with Crippen molar-refractivity contribution in [1.29, 1.82) is 0 Å². The summed E-state index contributed by atoms with van der Waals surface area (Å²) in [5.41, 5.74) is 1.62. The van der Waals surface area contributed by atoms with E-state index in [2.05, 4.69) is 0 Å². The van der Waals surface area contributed by atoms with Crippen LogP contribution >= 0.6 is 0 Å². The highest BCUT2D eigenvalue weighted by Gasteiger charge is 2.11. The number of benzene rings is 1. The highest BCUT2D eigenvalue weighted by molar-refractivity contribution is 6.01. The summed E-state index contributed by atoms with van der Waals surface area (Å²) in [6.45, 7) is 1.89. The lowest BCUT2D eigenvalue weighted by Gasteiger charge is -1.94. The van der Waals surface area contributed by atoms with Gasteiger partial charge in [0.25, 0.3) is 0 Å². The van der Waals surface area contributed by atoms with Crippen LogP contribution < -0.4 is 0 Å². The van der Waals surface area contributed by atoms with Crippen LogP contribution in [0, 0.1) is 6.92 Å². The molecule has 0 saturated heterocycles. The first kappa shape index (κ1) is 7.86. The summed E-state index contributed by atoms with van der Waals surface area (Å²) in [6.07, 6.45) is 1.57. The van der Waals surface area contributed by atoms with Crippen molar-refractivity contribution in [2.24, 2.45) is 0 Å². The normalized spacial score (nSPS) is 10.5. The van der Waals surface area contributed by atoms with E-state index in [4.69, 9.17) is 9.52 Å². The first-order valence-corrected chi connectivity index (χ1v) is 3.90. The molecule has 1 N–H and O–H groups in total. The molecule has 1 aromatic heterocycles. The predicted molar refractivity (Wildman–Crippen MR) is 47.9 cm³/mol. The number of hydrogen-bond acceptors (Lipinski definition) is 2. The van der Waals surface area contributed by atoms with Gasteiger partial charge in [0, 0.05) is 5.39 Å². The zero-order chi connectivity index (χ0) is 9.42. The summed E-state index contributed by atoms with van der Waals surface area (Å²) in [6, 6.07) is 5.10. The van der Waals surface area contributed by atoms with E-state index >= 15 is 0 Å². The van der Waals surface area contributed by atoms with E-state index in [1.807, 2.05) is 13.0 Å². The molecule has 0 atom stereocenters. The van der Waals surface area contributed by atoms with Crippen LogP contribution in [0.15, 0.2) is 28.9 Å². The Morgan fingerprint density at radius 1 is 1.46 bits per heavy atom. The number of aryl methyl sites for hydroxylation is 1. The van der Waals surface area contributed by atoms with Gasteiger partial charge in [-0.15, -0.1) is 0 Å². The lowest BCUT2D eigenvalue weighted by molar-refractivity contribution is 0.0698. The third kappa shape index (κ3) is 1.09. The third-order valence-electron chi connectivity index (χ3n) is 2.02. The molecule has 0 radical (unpaired) electrons. The molecule has 0 bridgehead atoms. The molecule has 0 spiro atoms. The lowest BCUT2D eigenvalue weighted by Crippen LogP contribution is -1.95. The van der Waals surface area contributed by atoms with Gasteiger partial charge in [-0.2, -0.15) is 0 Å². The minimum atomic E-state index is -0.958. The van der Waals surface area contributed by atoms with Crippen LogP contribution in [0.2, 0.25) is 0 Å². The number of carboxylic acids is 1. The van der Waals surface area contributed by atoms with Crippen LogP contribution in [0.1, 0.15) is 15.9 Å². The molecule has 0 aliphatic rings. The Morgan fingerprint density at radius 3 is 2.92 bits per heavy atom. The van der Waals surface area contributed by atoms with Gasteiger partial charge in [0.15, 0.2) is 0 Å². The maximum absolute atomic E-state index is 10.8. The van der Waals surface area contributed by atoms with E-state index in [1.165, 1.54) is 6.07 Å². The zero-order valence-electron chi connectivity index (χ0n) is 7.07. The molecule has 13 heavy (non-hydrogen) atoms. The second-order valence-corrected chi connectivity index (χ2v) is 2.91. The largest absolute Gasteiger partial charge is 0.478 e. The molecule has 0 aliphatic heterocycles. The van der Waals surface area contributed by atoms with Crippen LogP contribution in [0.25, 0.3) is 11.0 Å². The Kier molecular flexibility index (Phi) is 1.59. The summed E-state index contributed by atoms with van der Waals surface area (Å²) in [5.74, 6) is -0.958. The van der Waals surface area contributed by atoms with Gasteiger partial charge in [0.1, 0.15) is 11.1 Å². The Balaban J connectivity index is 2.84. The van der Waals surface area contributed by atoms with Crippen molar-refractivity contribution in [2.75, 3.05) is 0 Å². The zero-order valence-corrected chi connectivity index (χ0v) is 7.07. The highest BCUT2D eigenvalue weighted by Crippen LogP contribution is 2.23. The van der Waals surface area contributed by atoms with E-state index in [0.717, 1.165) is 10.9 Å². The molecule has 0 aliphatic carbocycles. The Labute approximate surface area is 74.6 Å². The summed E-state index contributed by atoms with van der Waals surface area (Å²) in [4.78, 5) is 10.8. The molecule has 0 saturated carbocycles. The quantitative estimate of drug-likeness (QED) is 0.725. The van der Waals surface area contributed by atoms with E-state index in [1.54, 1.807) is 12.3 Å². The number of rotatable bonds is 1. The van der Waals surface area contributed by atoms with E-state index in [9.17, 15) is 4.79 Å². The molecule has 1 heterocycles. The Morgan fingerprint density at radius 2 is 2.23 bits per heavy atom. The fourth-order valence-corrected chi connectivity index (χ4v) is 1.35. The SMILES string of the molecule is Cc1coc2c(C(=O)O)cccc12. The molecule has 66 valence electrons. The summed E-state index contributed by atoms with van der Waals surface area (Å²) < 4.78 is 5.16. The van der Waals surface area contributed by atoms with Crippen molar-refractivity contribution in [2.45, 2.75) is 6.92 Å². The molecule has 0 amide bonds. The van der Waals surface area contributed by atoms with Gasteiger partial charge in [0.05, 0.1) is 6.26 Å². The minimum absolute atomic E-state index is 0.214. The van der Waals surface area contributed by atoms with E-state index in [0.29, 0.717) is 5.58 Å². The van der Waals surface area contributed by atoms with Crippen molar-refractivity contribution in [3.63, 3.8) is 0 Å². The highest BCUT2D eigenvalue weighted by atomic mass is 16.4. The second-order valence-electron chi connectivity index (χ2n) is 2.91. The van der Waals surface area contributed by atoms with Crippen LogP contribution in [0.4, 0.5) is 0 Å². The smallest absolute Gasteiger partial charge is 0.339 e. The monoisotopic (exact) mass is 176 g/mol. The number of carboxylic acid groups (broad SMARTS) is 1. The lowest BCUT2D eigenvalue weighted by atomic mass is 10.1. The van der Waals surface area contributed by atoms with Crippen molar-refractivity contribution in [3.8, 4) is 0 Å². The van der Waals surface area contributed by atoms with Crippen molar-refractivity contribution < 1.29 is 14.3 Å². The molecular weight excluding hydrogens is 168 g/mol. The molecule has 2 aromatic rings. The number of para-hydroxylation sites is 1. The summed E-state index contributed by atoms with van der Waals surface area (Å²) >= 11 is 0. The number of furan rings is 1. The first-order chi connectivity index (χ1) is 6.20. The molecule has 0 fully saturated rings. The topological polar surface area (TPSA) is 50.4 Å². The van der Waals surface area contributed by atoms with Crippen LogP contribution in [0.5, 0.6) is 0 Å². The van der Waals surface area contributed by atoms with Crippen LogP contribution in [-0.2, 0) is 0 Å². The van der Waals surface area contributed by atoms with Gasteiger partial charge >= 0.3 is 5.97 Å². The molecule has 2 rings (SSSR count). The fourth-order valence-electron chi connectivity index (χ4n) is 1.35. The maximum Gasteiger partial charge on any atom is 0.339 e. The first-order valence-electron chi connectivity index (χ1n) is 3.90. The molecule has 1 aromatic carbocycles. The van der Waals surface area contributed by atoms with Crippen molar-refractivity contribution >= 4 is 16.9 Å². The molecule has 0 unspecified atom stereocenters. The van der Waals surface area contributed by atoms with Gasteiger partial charge in [-0.05, 0) is 18.6 Å². The molecule has 3 heteroatoms. The van der Waals surface area contributed by atoms with Crippen molar-refractivity contribution in [1.82, 2.24) is 0 Å². The van der Waals surface area contributed by atoms with Crippen LogP contribution in [0.3, 0.4) is 0 Å². The predicted octanol–water partition coefficient (Wildman–Crippen LogP) is 2.44. The molecular formula is C10H8O3. The number of carbonyl (C=O) groups is 1. The number of hydrogen-bond donors (Lipinski definition) is 1.